The van der Waals surface area contributed by atoms with Crippen LogP contribution < -0.4 is 0 Å². The maximum Gasteiger partial charge on any atom is 0.331 e. The van der Waals surface area contributed by atoms with E-state index >= 15 is 0 Å². The smallest absolute Gasteiger partial charge is 0.331 e. The number of carboxylic acids is 1. The first-order chi connectivity index (χ1) is 5.01. The zero-order chi connectivity index (χ0) is 8.48. The van der Waals surface area contributed by atoms with E-state index in [0.29, 0.717) is 12.0 Å². The maximum atomic E-state index is 10.5. The first-order valence-corrected chi connectivity index (χ1v) is 3.64. The van der Waals surface area contributed by atoms with Crippen LogP contribution in [0.3, 0.4) is 0 Å². The SMILES string of the molecule is CC1(C)C=CCC(C(=O)O)=C1. The highest BCUT2D eigenvalue weighted by molar-refractivity contribution is 5.87. The fourth-order valence-corrected chi connectivity index (χ4v) is 1.19. The fourth-order valence-electron chi connectivity index (χ4n) is 1.19. The molecule has 11 heavy (non-hydrogen) atoms. The summed E-state index contributed by atoms with van der Waals surface area (Å²) in [4.78, 5) is 10.5. The summed E-state index contributed by atoms with van der Waals surface area (Å²) in [5.74, 6) is -0.803. The Bertz CT molecular complexity index is 234. The summed E-state index contributed by atoms with van der Waals surface area (Å²) in [6.07, 6.45) is 6.29. The standard InChI is InChI=1S/C9H12O2/c1-9(2)5-3-4-7(6-9)8(10)11/h3,5-6H,4H2,1-2H3,(H,10,11). The summed E-state index contributed by atoms with van der Waals surface area (Å²) in [5, 5.41) is 8.67. The van der Waals surface area contributed by atoms with Crippen LogP contribution in [0.4, 0.5) is 0 Å². The lowest BCUT2D eigenvalue weighted by Gasteiger charge is -2.19. The lowest BCUT2D eigenvalue weighted by Crippen LogP contribution is -2.12. The predicted octanol–water partition coefficient (Wildman–Crippen LogP) is 1.98. The molecule has 0 heterocycles. The summed E-state index contributed by atoms with van der Waals surface area (Å²) >= 11 is 0. The van der Waals surface area contributed by atoms with Crippen LogP contribution in [0.25, 0.3) is 0 Å². The molecule has 0 aromatic heterocycles. The normalized spacial score (nSPS) is 21.1. The van der Waals surface area contributed by atoms with E-state index in [1.807, 2.05) is 26.0 Å². The molecule has 2 nitrogen and oxygen atoms in total. The van der Waals surface area contributed by atoms with Crippen LogP contribution in [0.2, 0.25) is 0 Å². The van der Waals surface area contributed by atoms with E-state index in [1.54, 1.807) is 6.08 Å². The molecule has 1 aliphatic rings. The van der Waals surface area contributed by atoms with Crippen molar-refractivity contribution in [2.45, 2.75) is 20.3 Å². The summed E-state index contributed by atoms with van der Waals surface area (Å²) in [6.45, 7) is 3.98. The molecule has 0 amide bonds. The molecule has 0 saturated carbocycles. The number of hydrogen-bond donors (Lipinski definition) is 1. The molecule has 1 aliphatic carbocycles. The number of carboxylic acid groups (broad SMARTS) is 1. The van der Waals surface area contributed by atoms with Gasteiger partial charge in [-0.05, 0) is 6.42 Å². The highest BCUT2D eigenvalue weighted by Crippen LogP contribution is 2.26. The Hall–Kier alpha value is -1.05. The van der Waals surface area contributed by atoms with Crippen LogP contribution in [0.15, 0.2) is 23.8 Å². The molecule has 0 aromatic rings. The van der Waals surface area contributed by atoms with E-state index in [1.165, 1.54) is 0 Å². The fraction of sp³-hybridized carbons (Fsp3) is 0.444. The Kier molecular flexibility index (Phi) is 1.85. The van der Waals surface area contributed by atoms with Gasteiger partial charge in [0.05, 0.1) is 0 Å². The van der Waals surface area contributed by atoms with Crippen molar-refractivity contribution in [2.75, 3.05) is 0 Å². The van der Waals surface area contributed by atoms with Gasteiger partial charge in [0.1, 0.15) is 0 Å². The third kappa shape index (κ3) is 1.93. The van der Waals surface area contributed by atoms with E-state index in [0.717, 1.165) is 0 Å². The van der Waals surface area contributed by atoms with Crippen LogP contribution in [0.1, 0.15) is 20.3 Å². The van der Waals surface area contributed by atoms with Gasteiger partial charge in [-0.2, -0.15) is 0 Å². The Labute approximate surface area is 66.2 Å². The minimum atomic E-state index is -0.803. The van der Waals surface area contributed by atoms with Crippen LogP contribution in [0, 0.1) is 5.41 Å². The van der Waals surface area contributed by atoms with Crippen molar-refractivity contribution in [2.24, 2.45) is 5.41 Å². The third-order valence-corrected chi connectivity index (χ3v) is 1.71. The van der Waals surface area contributed by atoms with Gasteiger partial charge in [0.15, 0.2) is 0 Å². The molecule has 1 rings (SSSR count). The Morgan fingerprint density at radius 3 is 2.64 bits per heavy atom. The predicted molar refractivity (Wildman–Crippen MR) is 43.3 cm³/mol. The molecular weight excluding hydrogens is 140 g/mol. The molecule has 2 heteroatoms. The van der Waals surface area contributed by atoms with Crippen molar-refractivity contribution >= 4 is 5.97 Å². The monoisotopic (exact) mass is 152 g/mol. The highest BCUT2D eigenvalue weighted by Gasteiger charge is 2.18. The van der Waals surface area contributed by atoms with Crippen LogP contribution in [-0.4, -0.2) is 11.1 Å². The van der Waals surface area contributed by atoms with Crippen molar-refractivity contribution in [3.8, 4) is 0 Å². The van der Waals surface area contributed by atoms with Gasteiger partial charge in [-0.25, -0.2) is 4.79 Å². The van der Waals surface area contributed by atoms with Crippen molar-refractivity contribution in [1.29, 1.82) is 0 Å². The second-order valence-corrected chi connectivity index (χ2v) is 3.40. The summed E-state index contributed by atoms with van der Waals surface area (Å²) < 4.78 is 0. The van der Waals surface area contributed by atoms with Crippen LogP contribution in [-0.2, 0) is 4.79 Å². The van der Waals surface area contributed by atoms with Gasteiger partial charge >= 0.3 is 5.97 Å². The maximum absolute atomic E-state index is 10.5. The molecule has 1 N–H and O–H groups in total. The van der Waals surface area contributed by atoms with E-state index in [2.05, 4.69) is 0 Å². The quantitative estimate of drug-likeness (QED) is 0.583. The van der Waals surface area contributed by atoms with Gasteiger partial charge in [0.2, 0.25) is 0 Å². The van der Waals surface area contributed by atoms with Gasteiger partial charge in [0.25, 0.3) is 0 Å². The van der Waals surface area contributed by atoms with E-state index < -0.39 is 5.97 Å². The van der Waals surface area contributed by atoms with Crippen molar-refractivity contribution in [3.63, 3.8) is 0 Å². The van der Waals surface area contributed by atoms with Gasteiger partial charge in [-0.15, -0.1) is 0 Å². The zero-order valence-corrected chi connectivity index (χ0v) is 6.79. The van der Waals surface area contributed by atoms with Crippen LogP contribution >= 0.6 is 0 Å². The Balaban J connectivity index is 2.86. The summed E-state index contributed by atoms with van der Waals surface area (Å²) in [6, 6.07) is 0. The minimum absolute atomic E-state index is 0.0913. The molecular formula is C9H12O2. The lowest BCUT2D eigenvalue weighted by atomic mass is 9.85. The Morgan fingerprint density at radius 2 is 2.27 bits per heavy atom. The first-order valence-electron chi connectivity index (χ1n) is 3.64. The summed E-state index contributed by atoms with van der Waals surface area (Å²) in [7, 11) is 0. The van der Waals surface area contributed by atoms with Crippen molar-refractivity contribution in [1.82, 2.24) is 0 Å². The molecule has 0 saturated heterocycles. The second-order valence-electron chi connectivity index (χ2n) is 3.40. The molecule has 0 aliphatic heterocycles. The molecule has 0 spiro atoms. The molecule has 0 aromatic carbocycles. The van der Waals surface area contributed by atoms with E-state index in [9.17, 15) is 4.79 Å². The third-order valence-electron chi connectivity index (χ3n) is 1.71. The number of rotatable bonds is 1. The molecule has 60 valence electrons. The molecule has 0 atom stereocenters. The molecule has 0 unspecified atom stereocenters. The topological polar surface area (TPSA) is 37.3 Å². The van der Waals surface area contributed by atoms with Crippen LogP contribution in [0.5, 0.6) is 0 Å². The van der Waals surface area contributed by atoms with Gasteiger partial charge in [0, 0.05) is 11.0 Å². The van der Waals surface area contributed by atoms with E-state index in [-0.39, 0.29) is 5.41 Å². The zero-order valence-electron chi connectivity index (χ0n) is 6.79. The Morgan fingerprint density at radius 1 is 1.64 bits per heavy atom. The lowest BCUT2D eigenvalue weighted by molar-refractivity contribution is -0.132. The van der Waals surface area contributed by atoms with Gasteiger partial charge in [-0.3, -0.25) is 0 Å². The average molecular weight is 152 g/mol. The molecule has 0 radical (unpaired) electrons. The number of hydrogen-bond acceptors (Lipinski definition) is 1. The number of allylic oxidation sites excluding steroid dienone is 3. The highest BCUT2D eigenvalue weighted by atomic mass is 16.4. The molecule has 0 bridgehead atoms. The minimum Gasteiger partial charge on any atom is -0.478 e. The number of carbonyl (C=O) groups is 1. The first kappa shape index (κ1) is 8.05. The second kappa shape index (κ2) is 2.53. The molecule has 0 fully saturated rings. The van der Waals surface area contributed by atoms with Crippen molar-refractivity contribution < 1.29 is 9.90 Å². The number of aliphatic carboxylic acids is 1. The van der Waals surface area contributed by atoms with E-state index in [4.69, 9.17) is 5.11 Å². The largest absolute Gasteiger partial charge is 0.478 e. The van der Waals surface area contributed by atoms with Gasteiger partial charge < -0.3 is 5.11 Å². The summed E-state index contributed by atoms with van der Waals surface area (Å²) in [5.41, 5.74) is 0.406. The van der Waals surface area contributed by atoms with Crippen molar-refractivity contribution in [3.05, 3.63) is 23.8 Å². The van der Waals surface area contributed by atoms with Gasteiger partial charge in [-0.1, -0.05) is 32.1 Å². The average Bonchev–Trinajstić information content (AvgIpc) is 1.85.